The van der Waals surface area contributed by atoms with Gasteiger partial charge in [0, 0.05) is 0 Å². The Hall–Kier alpha value is 0.910. The topological polar surface area (TPSA) is 26.3 Å². The van der Waals surface area contributed by atoms with Crippen LogP contribution in [0.3, 0.4) is 0 Å². The maximum absolute atomic E-state index is 9.38. The van der Waals surface area contributed by atoms with Crippen molar-refractivity contribution < 1.29 is 9.53 Å². The fraction of sp³-hybridized carbons (Fsp3) is 0.500. The Balaban J connectivity index is 3.34. The Morgan fingerprint density at radius 1 is 1.43 bits per heavy atom. The van der Waals surface area contributed by atoms with Crippen molar-refractivity contribution in [3.05, 3.63) is 0 Å². The smallest absolute Gasteiger partial charge is 0.418 e. The van der Waals surface area contributed by atoms with Crippen LogP contribution in [0.2, 0.25) is 0 Å². The number of hydrogen-bond acceptors (Lipinski definition) is 2. The fourth-order valence-electron chi connectivity index (χ4n) is 0.0472. The van der Waals surface area contributed by atoms with Gasteiger partial charge in [0.2, 0.25) is 0 Å². The first-order valence-corrected chi connectivity index (χ1v) is 3.56. The molecule has 0 heterocycles. The number of hydrogen-bond donors (Lipinski definition) is 0. The third-order valence-corrected chi connectivity index (χ3v) is 0.643. The van der Waals surface area contributed by atoms with Crippen molar-refractivity contribution in [2.45, 2.75) is 2.33 Å². The molecule has 0 saturated heterocycles. The molecular weight excluding hydrogens is 296 g/mol. The number of halogens is 3. The minimum atomic E-state index is -0.936. The third-order valence-electron chi connectivity index (χ3n) is 0.157. The quantitative estimate of drug-likeness (QED) is 0.690. The van der Waals surface area contributed by atoms with Crippen molar-refractivity contribution in [2.24, 2.45) is 0 Å². The largest absolute Gasteiger partial charge is 0.420 e. The molecule has 5 heteroatoms. The molecule has 7 heavy (non-hydrogen) atoms. The van der Waals surface area contributed by atoms with Gasteiger partial charge in [0.1, 0.15) is 0 Å². The second kappa shape index (κ2) is 3.04. The first kappa shape index (κ1) is 7.91. The van der Waals surface area contributed by atoms with Crippen LogP contribution in [-0.4, -0.2) is 8.80 Å². The molecule has 0 amide bonds. The molecule has 0 aliphatic heterocycles. The van der Waals surface area contributed by atoms with E-state index in [-0.39, 0.29) is 0 Å². The van der Waals surface area contributed by atoms with Gasteiger partial charge in [-0.2, -0.15) is 0 Å². The lowest BCUT2D eigenvalue weighted by molar-refractivity contribution is 0.308. The number of rotatable bonds is 1. The highest BCUT2D eigenvalue weighted by Gasteiger charge is 2.17. The Kier molecular flexibility index (Phi) is 3.44. The summed E-state index contributed by atoms with van der Waals surface area (Å²) in [5.41, 5.74) is 0. The van der Waals surface area contributed by atoms with Crippen molar-refractivity contribution in [3.8, 4) is 0 Å². The number of carbonyl (C=O) groups excluding carboxylic acids is 1. The van der Waals surface area contributed by atoms with Gasteiger partial charge < -0.3 is 4.74 Å². The van der Waals surface area contributed by atoms with E-state index in [9.17, 15) is 4.79 Å². The van der Waals surface area contributed by atoms with Crippen LogP contribution < -0.4 is 0 Å². The van der Waals surface area contributed by atoms with Crippen molar-refractivity contribution in [3.63, 3.8) is 0 Å². The highest BCUT2D eigenvalue weighted by atomic mass is 80.0. The van der Waals surface area contributed by atoms with Gasteiger partial charge in [-0.3, -0.25) is 0 Å². The summed E-state index contributed by atoms with van der Waals surface area (Å²) in [5, 5.41) is 0. The lowest BCUT2D eigenvalue weighted by Crippen LogP contribution is -2.03. The van der Waals surface area contributed by atoms with E-state index in [0.29, 0.717) is 0 Å². The zero-order chi connectivity index (χ0) is 5.91. The number of alkyl halides is 3. The van der Waals surface area contributed by atoms with Gasteiger partial charge in [-0.15, -0.1) is 0 Å². The molecule has 2 nitrogen and oxygen atoms in total. The molecule has 41 valence electrons. The maximum Gasteiger partial charge on any atom is 0.420 e. The van der Waals surface area contributed by atoms with Crippen LogP contribution >= 0.6 is 47.8 Å². The molecule has 0 unspecified atom stereocenters. The van der Waals surface area contributed by atoms with Crippen LogP contribution in [0, 0.1) is 0 Å². The highest BCUT2D eigenvalue weighted by molar-refractivity contribution is 9.39. The van der Waals surface area contributed by atoms with Crippen LogP contribution in [0.5, 0.6) is 0 Å². The molecule has 0 bridgehead atoms. The van der Waals surface area contributed by atoms with Gasteiger partial charge in [-0.25, -0.2) is 4.79 Å². The second-order valence-electron chi connectivity index (χ2n) is 0.631. The zero-order valence-electron chi connectivity index (χ0n) is 2.95. The van der Waals surface area contributed by atoms with Crippen LogP contribution in [0.4, 0.5) is 0 Å². The fourth-order valence-corrected chi connectivity index (χ4v) is 0.245. The van der Waals surface area contributed by atoms with Crippen LogP contribution in [0.25, 0.3) is 0 Å². The highest BCUT2D eigenvalue weighted by Crippen LogP contribution is 2.33. The maximum atomic E-state index is 9.38. The second-order valence-corrected chi connectivity index (χ2v) is 7.17. The Bertz CT molecular complexity index is 65.8. The van der Waals surface area contributed by atoms with Crippen molar-refractivity contribution >= 4 is 54.3 Å². The molecule has 0 aliphatic carbocycles. The predicted molar refractivity (Wildman–Crippen MR) is 36.3 cm³/mol. The molecule has 0 aromatic rings. The molecule has 0 aromatic carbocycles. The molecule has 1 radical (unpaired) electrons. The summed E-state index contributed by atoms with van der Waals surface area (Å²) >= 11 is 8.66. The Morgan fingerprint density at radius 3 is 1.86 bits per heavy atom. The Labute approximate surface area is 66.0 Å². The monoisotopic (exact) mass is 293 g/mol. The van der Waals surface area contributed by atoms with E-state index in [1.165, 1.54) is 6.47 Å². The van der Waals surface area contributed by atoms with Gasteiger partial charge in [-0.1, -0.05) is 0 Å². The third kappa shape index (κ3) is 6.91. The average molecular weight is 296 g/mol. The lowest BCUT2D eigenvalue weighted by Gasteiger charge is -2.05. The summed E-state index contributed by atoms with van der Waals surface area (Å²) in [4.78, 5) is 9.38. The van der Waals surface area contributed by atoms with E-state index in [1.807, 2.05) is 0 Å². The van der Waals surface area contributed by atoms with Crippen molar-refractivity contribution in [1.82, 2.24) is 0 Å². The molecule has 0 N–H and O–H groups in total. The van der Waals surface area contributed by atoms with E-state index < -0.39 is 2.33 Å². The Morgan fingerprint density at radius 2 is 1.86 bits per heavy atom. The predicted octanol–water partition coefficient (Wildman–Crippen LogP) is 1.87. The molecule has 0 spiro atoms. The van der Waals surface area contributed by atoms with E-state index in [2.05, 4.69) is 52.5 Å². The van der Waals surface area contributed by atoms with Gasteiger partial charge in [0.25, 0.3) is 2.33 Å². The lowest BCUT2D eigenvalue weighted by atomic mass is 11.5. The molecule has 0 fully saturated rings. The van der Waals surface area contributed by atoms with E-state index in [1.54, 1.807) is 0 Å². The van der Waals surface area contributed by atoms with Crippen LogP contribution in [0.15, 0.2) is 0 Å². The molecule has 0 rings (SSSR count). The minimum Gasteiger partial charge on any atom is -0.418 e. The molecule has 0 atom stereocenters. The van der Waals surface area contributed by atoms with E-state index in [0.717, 1.165) is 0 Å². The summed E-state index contributed by atoms with van der Waals surface area (Å²) in [7, 11) is 0. The van der Waals surface area contributed by atoms with Gasteiger partial charge in [-0.05, 0) is 47.8 Å². The SMILES string of the molecule is O=[C]OC(Br)(Br)Br. The van der Waals surface area contributed by atoms with Crippen molar-refractivity contribution in [1.29, 1.82) is 0 Å². The standard InChI is InChI=1S/C2Br3O2/c3-2(4,5)7-1-6. The minimum absolute atomic E-state index is 0.936. The number of ether oxygens (including phenoxy) is 1. The van der Waals surface area contributed by atoms with Crippen LogP contribution in [-0.2, 0) is 9.53 Å². The van der Waals surface area contributed by atoms with Gasteiger partial charge >= 0.3 is 6.47 Å². The molecule has 0 aromatic heterocycles. The summed E-state index contributed by atoms with van der Waals surface area (Å²) < 4.78 is 3.24. The molecular formula is C2Br3O2. The summed E-state index contributed by atoms with van der Waals surface area (Å²) in [6, 6.07) is 0. The van der Waals surface area contributed by atoms with Crippen molar-refractivity contribution in [2.75, 3.05) is 0 Å². The van der Waals surface area contributed by atoms with E-state index >= 15 is 0 Å². The summed E-state index contributed by atoms with van der Waals surface area (Å²) in [6.07, 6.45) is 0. The van der Waals surface area contributed by atoms with Crippen LogP contribution in [0.1, 0.15) is 0 Å². The normalized spacial score (nSPS) is 10.7. The first-order chi connectivity index (χ1) is 3.06. The molecule has 0 aliphatic rings. The summed E-state index contributed by atoms with van der Waals surface area (Å²) in [5.74, 6) is 0. The van der Waals surface area contributed by atoms with Gasteiger partial charge in [0.05, 0.1) is 0 Å². The zero-order valence-corrected chi connectivity index (χ0v) is 7.71. The average Bonchev–Trinajstić information content (AvgIpc) is 1.30. The van der Waals surface area contributed by atoms with E-state index in [4.69, 9.17) is 0 Å². The van der Waals surface area contributed by atoms with Gasteiger partial charge in [0.15, 0.2) is 0 Å². The summed E-state index contributed by atoms with van der Waals surface area (Å²) in [6.45, 7) is 1.22. The molecule has 0 saturated carbocycles. The first-order valence-electron chi connectivity index (χ1n) is 1.18.